The van der Waals surface area contributed by atoms with E-state index < -0.39 is 17.7 Å². The molecule has 0 atom stereocenters. The molecule has 0 aromatic heterocycles. The van der Waals surface area contributed by atoms with Gasteiger partial charge in [-0.2, -0.15) is 0 Å². The van der Waals surface area contributed by atoms with Crippen LogP contribution in [0, 0.1) is 5.41 Å². The van der Waals surface area contributed by atoms with E-state index in [0.717, 1.165) is 0 Å². The molecule has 1 heterocycles. The van der Waals surface area contributed by atoms with Gasteiger partial charge in [0.05, 0.1) is 0 Å². The lowest BCUT2D eigenvalue weighted by Gasteiger charge is -2.45. The number of hydrogen-bond donors (Lipinski definition) is 0. The summed E-state index contributed by atoms with van der Waals surface area (Å²) < 4.78 is 25.2. The van der Waals surface area contributed by atoms with Crippen LogP contribution in [-0.4, -0.2) is 55.4 Å². The van der Waals surface area contributed by atoms with Crippen molar-refractivity contribution >= 4 is 5.91 Å². The number of likely N-dealkylation sites (N-methyl/N-ethyl adjacent to an activating group) is 1. The fraction of sp³-hybridized carbons (Fsp3) is 0.900. The summed E-state index contributed by atoms with van der Waals surface area (Å²) in [6.45, 7) is 3.70. The van der Waals surface area contributed by atoms with Crippen LogP contribution in [0.5, 0.6) is 0 Å². The molecule has 5 heteroatoms. The van der Waals surface area contributed by atoms with E-state index >= 15 is 0 Å². The summed E-state index contributed by atoms with van der Waals surface area (Å²) in [5.74, 6) is -0.449. The van der Waals surface area contributed by atoms with Crippen molar-refractivity contribution in [3.8, 4) is 0 Å². The number of hydrogen-bond acceptors (Lipinski definition) is 2. The average Bonchev–Trinajstić information content (AvgIpc) is 1.99. The van der Waals surface area contributed by atoms with Crippen LogP contribution in [0.15, 0.2) is 0 Å². The van der Waals surface area contributed by atoms with Crippen LogP contribution in [0.25, 0.3) is 0 Å². The molecule has 0 aliphatic carbocycles. The molecule has 88 valence electrons. The summed E-state index contributed by atoms with van der Waals surface area (Å²) in [5.41, 5.74) is -1.56. The second-order valence-electron chi connectivity index (χ2n) is 4.85. The van der Waals surface area contributed by atoms with Crippen molar-refractivity contribution in [3.63, 3.8) is 0 Å². The Balaban J connectivity index is 2.52. The Morgan fingerprint density at radius 1 is 1.40 bits per heavy atom. The summed E-state index contributed by atoms with van der Waals surface area (Å²) >= 11 is 0. The molecular formula is C10H18F2N2O. The van der Waals surface area contributed by atoms with Gasteiger partial charge in [0.25, 0.3) is 6.43 Å². The third kappa shape index (κ3) is 2.27. The normalized spacial score (nSPS) is 18.5. The number of carbonyl (C=O) groups excluding carboxylic acids is 1. The van der Waals surface area contributed by atoms with Crippen LogP contribution in [0.1, 0.15) is 13.8 Å². The predicted molar refractivity (Wildman–Crippen MR) is 53.8 cm³/mol. The quantitative estimate of drug-likeness (QED) is 0.709. The molecule has 1 saturated heterocycles. The zero-order valence-electron chi connectivity index (χ0n) is 9.63. The summed E-state index contributed by atoms with van der Waals surface area (Å²) in [4.78, 5) is 15.2. The van der Waals surface area contributed by atoms with E-state index in [-0.39, 0.29) is 0 Å². The minimum atomic E-state index is -2.61. The number of halogens is 2. The fourth-order valence-corrected chi connectivity index (χ4v) is 1.45. The Hall–Kier alpha value is -0.710. The molecule has 0 bridgehead atoms. The van der Waals surface area contributed by atoms with E-state index in [9.17, 15) is 13.6 Å². The number of nitrogens with zero attached hydrogens (tertiary/aromatic N) is 2. The zero-order valence-corrected chi connectivity index (χ0v) is 9.63. The number of likely N-dealkylation sites (tertiary alicyclic amines) is 1. The Labute approximate surface area is 89.0 Å². The summed E-state index contributed by atoms with van der Waals surface area (Å²) in [7, 11) is 3.84. The van der Waals surface area contributed by atoms with Crippen molar-refractivity contribution in [1.82, 2.24) is 9.80 Å². The molecule has 0 aromatic carbocycles. The minimum absolute atomic E-state index is 0.308. The molecule has 0 unspecified atom stereocenters. The van der Waals surface area contributed by atoms with Gasteiger partial charge in [0.1, 0.15) is 5.41 Å². The first kappa shape index (κ1) is 12.4. The highest BCUT2D eigenvalue weighted by Crippen LogP contribution is 2.29. The topological polar surface area (TPSA) is 23.6 Å². The molecule has 0 saturated carbocycles. The third-order valence-corrected chi connectivity index (χ3v) is 2.98. The molecule has 1 fully saturated rings. The summed E-state index contributed by atoms with van der Waals surface area (Å²) in [6, 6.07) is 0.308. The monoisotopic (exact) mass is 220 g/mol. The SMILES string of the molecule is CN(C)C1CN(C(=O)C(C)(C)C(F)F)C1. The van der Waals surface area contributed by atoms with Gasteiger partial charge in [-0.05, 0) is 27.9 Å². The van der Waals surface area contributed by atoms with Crippen LogP contribution < -0.4 is 0 Å². The number of rotatable bonds is 3. The molecule has 0 N–H and O–H groups in total. The molecule has 0 aromatic rings. The van der Waals surface area contributed by atoms with Gasteiger partial charge >= 0.3 is 0 Å². The van der Waals surface area contributed by atoms with E-state index in [0.29, 0.717) is 19.1 Å². The summed E-state index contributed by atoms with van der Waals surface area (Å²) in [5, 5.41) is 0. The first-order valence-electron chi connectivity index (χ1n) is 5.00. The van der Waals surface area contributed by atoms with E-state index in [1.807, 2.05) is 19.0 Å². The van der Waals surface area contributed by atoms with Crippen LogP contribution in [-0.2, 0) is 4.79 Å². The lowest BCUT2D eigenvalue weighted by molar-refractivity contribution is -0.155. The maximum absolute atomic E-state index is 12.6. The van der Waals surface area contributed by atoms with Gasteiger partial charge in [0, 0.05) is 19.1 Å². The van der Waals surface area contributed by atoms with Gasteiger partial charge in [-0.15, -0.1) is 0 Å². The van der Waals surface area contributed by atoms with E-state index in [1.54, 1.807) is 0 Å². The second kappa shape index (κ2) is 4.04. The smallest absolute Gasteiger partial charge is 0.252 e. The molecule has 0 spiro atoms. The second-order valence-corrected chi connectivity index (χ2v) is 4.85. The van der Waals surface area contributed by atoms with Crippen LogP contribution in [0.3, 0.4) is 0 Å². The maximum Gasteiger partial charge on any atom is 0.252 e. The molecule has 0 radical (unpaired) electrons. The van der Waals surface area contributed by atoms with E-state index in [1.165, 1.54) is 18.7 Å². The standard InChI is InChI=1S/C10H18F2N2O/c1-10(2,8(11)12)9(15)14-5-7(6-14)13(3)4/h7-8H,5-6H2,1-4H3. The molecule has 1 aliphatic rings. The van der Waals surface area contributed by atoms with Gasteiger partial charge in [0.15, 0.2) is 0 Å². The van der Waals surface area contributed by atoms with Crippen molar-refractivity contribution in [2.24, 2.45) is 5.41 Å². The van der Waals surface area contributed by atoms with Crippen molar-refractivity contribution < 1.29 is 13.6 Å². The molecule has 3 nitrogen and oxygen atoms in total. The highest BCUT2D eigenvalue weighted by atomic mass is 19.3. The molecule has 15 heavy (non-hydrogen) atoms. The maximum atomic E-state index is 12.6. The highest BCUT2D eigenvalue weighted by Gasteiger charge is 2.44. The number of alkyl halides is 2. The summed E-state index contributed by atoms with van der Waals surface area (Å²) in [6.07, 6.45) is -2.61. The van der Waals surface area contributed by atoms with Gasteiger partial charge in [-0.3, -0.25) is 4.79 Å². The van der Waals surface area contributed by atoms with Crippen LogP contribution in [0.2, 0.25) is 0 Å². The molecule has 1 amide bonds. The number of amides is 1. The molecule has 1 aliphatic heterocycles. The first-order valence-corrected chi connectivity index (χ1v) is 5.00. The zero-order chi connectivity index (χ0) is 11.8. The average molecular weight is 220 g/mol. The van der Waals surface area contributed by atoms with Crippen molar-refractivity contribution in [2.75, 3.05) is 27.2 Å². The van der Waals surface area contributed by atoms with Gasteiger partial charge in [0.2, 0.25) is 5.91 Å². The van der Waals surface area contributed by atoms with Crippen molar-refractivity contribution in [2.45, 2.75) is 26.3 Å². The van der Waals surface area contributed by atoms with Gasteiger partial charge in [-0.1, -0.05) is 0 Å². The predicted octanol–water partition coefficient (Wildman–Crippen LogP) is 1.05. The Morgan fingerprint density at radius 2 is 1.87 bits per heavy atom. The van der Waals surface area contributed by atoms with Gasteiger partial charge in [-0.25, -0.2) is 8.78 Å². The largest absolute Gasteiger partial charge is 0.339 e. The van der Waals surface area contributed by atoms with Gasteiger partial charge < -0.3 is 9.80 Å². The highest BCUT2D eigenvalue weighted by molar-refractivity contribution is 5.83. The minimum Gasteiger partial charge on any atom is -0.339 e. The molecular weight excluding hydrogens is 202 g/mol. The lowest BCUT2D eigenvalue weighted by atomic mass is 9.90. The lowest BCUT2D eigenvalue weighted by Crippen LogP contribution is -2.62. The Morgan fingerprint density at radius 3 is 2.20 bits per heavy atom. The van der Waals surface area contributed by atoms with E-state index in [2.05, 4.69) is 0 Å². The third-order valence-electron chi connectivity index (χ3n) is 2.98. The molecule has 1 rings (SSSR count). The Bertz CT molecular complexity index is 248. The van der Waals surface area contributed by atoms with Crippen LogP contribution in [0.4, 0.5) is 8.78 Å². The Kier molecular flexibility index (Phi) is 3.33. The number of carbonyl (C=O) groups is 1. The van der Waals surface area contributed by atoms with E-state index in [4.69, 9.17) is 0 Å². The fourth-order valence-electron chi connectivity index (χ4n) is 1.45. The van der Waals surface area contributed by atoms with Crippen LogP contribution >= 0.6 is 0 Å². The van der Waals surface area contributed by atoms with Crippen molar-refractivity contribution in [1.29, 1.82) is 0 Å². The van der Waals surface area contributed by atoms with Crippen molar-refractivity contribution in [3.05, 3.63) is 0 Å². The first-order chi connectivity index (χ1) is 6.76.